The maximum absolute atomic E-state index is 13.5. The fourth-order valence-electron chi connectivity index (χ4n) is 6.15. The van der Waals surface area contributed by atoms with Gasteiger partial charge in [-0.2, -0.15) is 5.10 Å². The highest BCUT2D eigenvalue weighted by Crippen LogP contribution is 2.57. The lowest BCUT2D eigenvalue weighted by Gasteiger charge is -2.58. The standard InChI is InChI=1S/C26H40N4O4/c1-6-25(4,5)7-8-30-23(33-15-16(2)3)20(14-28-30)22(31)29-21-18-9-17-10-19(21)13-26(11-17,12-18)34-24(27)32/h7-8,14,16-19,21H,6,9-13,15H2,1-5H3,(H2,27,32)(H,29,31)/b8-7+. The van der Waals surface area contributed by atoms with E-state index in [-0.39, 0.29) is 29.2 Å². The van der Waals surface area contributed by atoms with Crippen LogP contribution in [0.15, 0.2) is 12.3 Å². The monoisotopic (exact) mass is 472 g/mol. The Morgan fingerprint density at radius 3 is 2.56 bits per heavy atom. The summed E-state index contributed by atoms with van der Waals surface area (Å²) < 4.78 is 13.4. The van der Waals surface area contributed by atoms with E-state index in [1.165, 1.54) is 0 Å². The van der Waals surface area contributed by atoms with Crippen LogP contribution < -0.4 is 15.8 Å². The molecule has 3 N–H and O–H groups in total. The molecule has 8 heteroatoms. The molecule has 4 fully saturated rings. The van der Waals surface area contributed by atoms with E-state index in [0.29, 0.717) is 29.9 Å². The number of nitrogens with two attached hydrogens (primary N) is 1. The molecular weight excluding hydrogens is 432 g/mol. The minimum atomic E-state index is -0.693. The minimum Gasteiger partial charge on any atom is -0.477 e. The van der Waals surface area contributed by atoms with E-state index in [1.54, 1.807) is 10.9 Å². The smallest absolute Gasteiger partial charge is 0.405 e. The molecule has 5 rings (SSSR count). The van der Waals surface area contributed by atoms with E-state index in [9.17, 15) is 9.59 Å². The van der Waals surface area contributed by atoms with Gasteiger partial charge in [-0.1, -0.05) is 40.7 Å². The van der Waals surface area contributed by atoms with Gasteiger partial charge in [0.15, 0.2) is 0 Å². The molecule has 188 valence electrons. The molecular formula is C26H40N4O4. The van der Waals surface area contributed by atoms with E-state index in [1.807, 2.05) is 6.20 Å². The van der Waals surface area contributed by atoms with Crippen LogP contribution in [0, 0.1) is 29.1 Å². The second-order valence-corrected chi connectivity index (χ2v) is 11.7. The molecule has 4 bridgehead atoms. The van der Waals surface area contributed by atoms with Gasteiger partial charge in [-0.15, -0.1) is 0 Å². The van der Waals surface area contributed by atoms with Gasteiger partial charge in [0.2, 0.25) is 5.88 Å². The summed E-state index contributed by atoms with van der Waals surface area (Å²) in [7, 11) is 0. The first-order valence-corrected chi connectivity index (χ1v) is 12.7. The third-order valence-corrected chi connectivity index (χ3v) is 7.96. The molecule has 1 heterocycles. The Hall–Kier alpha value is -2.51. The van der Waals surface area contributed by atoms with Crippen molar-refractivity contribution in [1.29, 1.82) is 0 Å². The zero-order chi connectivity index (χ0) is 24.7. The zero-order valence-corrected chi connectivity index (χ0v) is 21.2. The van der Waals surface area contributed by atoms with Crippen LogP contribution in [0.25, 0.3) is 6.20 Å². The fourth-order valence-corrected chi connectivity index (χ4v) is 6.15. The number of hydrogen-bond acceptors (Lipinski definition) is 5. The second kappa shape index (κ2) is 9.27. The van der Waals surface area contributed by atoms with E-state index >= 15 is 0 Å². The van der Waals surface area contributed by atoms with Gasteiger partial charge in [-0.3, -0.25) is 4.79 Å². The molecule has 1 aromatic rings. The number of carbonyl (C=O) groups excluding carboxylic acids is 2. The predicted molar refractivity (Wildman–Crippen MR) is 130 cm³/mol. The van der Waals surface area contributed by atoms with Crippen molar-refractivity contribution < 1.29 is 19.1 Å². The Morgan fingerprint density at radius 2 is 1.97 bits per heavy atom. The van der Waals surface area contributed by atoms with Crippen LogP contribution >= 0.6 is 0 Å². The topological polar surface area (TPSA) is 108 Å². The first-order chi connectivity index (χ1) is 16.0. The SMILES string of the molecule is CCC(C)(C)/C=C/n1ncc(C(=O)NC2C3CC4CC2CC(OC(N)=O)(C4)C3)c1OCC(C)C. The summed E-state index contributed by atoms with van der Waals surface area (Å²) in [4.78, 5) is 25.0. The van der Waals surface area contributed by atoms with Crippen molar-refractivity contribution in [2.75, 3.05) is 6.61 Å². The Labute approximate surface area is 202 Å². The Bertz CT molecular complexity index is 935. The normalized spacial score (nSPS) is 30.2. The highest BCUT2D eigenvalue weighted by Gasteiger charge is 2.57. The van der Waals surface area contributed by atoms with E-state index < -0.39 is 11.7 Å². The molecule has 4 saturated carbocycles. The van der Waals surface area contributed by atoms with E-state index in [0.717, 1.165) is 38.5 Å². The number of nitrogens with one attached hydrogen (secondary N) is 1. The number of allylic oxidation sites excluding steroid dienone is 1. The summed E-state index contributed by atoms with van der Waals surface area (Å²) >= 11 is 0. The maximum atomic E-state index is 13.5. The highest BCUT2D eigenvalue weighted by molar-refractivity contribution is 5.96. The third kappa shape index (κ3) is 5.10. The molecule has 4 aliphatic carbocycles. The van der Waals surface area contributed by atoms with Crippen molar-refractivity contribution in [1.82, 2.24) is 15.1 Å². The average Bonchev–Trinajstić information content (AvgIpc) is 3.15. The van der Waals surface area contributed by atoms with Gasteiger partial charge in [0.25, 0.3) is 5.91 Å². The highest BCUT2D eigenvalue weighted by atomic mass is 16.6. The van der Waals surface area contributed by atoms with E-state index in [2.05, 4.69) is 51.1 Å². The molecule has 2 unspecified atom stereocenters. The molecule has 0 radical (unpaired) electrons. The van der Waals surface area contributed by atoms with Crippen molar-refractivity contribution in [3.8, 4) is 5.88 Å². The van der Waals surface area contributed by atoms with Gasteiger partial charge in [0.1, 0.15) is 11.2 Å². The quantitative estimate of drug-likeness (QED) is 0.546. The summed E-state index contributed by atoms with van der Waals surface area (Å²) in [6, 6.07) is 0.0597. The number of nitrogens with zero attached hydrogens (tertiary/aromatic N) is 2. The Morgan fingerprint density at radius 1 is 1.29 bits per heavy atom. The number of primary amides is 1. The Balaban J connectivity index is 1.52. The maximum Gasteiger partial charge on any atom is 0.405 e. The molecule has 8 nitrogen and oxygen atoms in total. The molecule has 34 heavy (non-hydrogen) atoms. The lowest BCUT2D eigenvalue weighted by Crippen LogP contribution is -2.63. The first-order valence-electron chi connectivity index (χ1n) is 12.7. The lowest BCUT2D eigenvalue weighted by molar-refractivity contribution is -0.137. The molecule has 2 atom stereocenters. The van der Waals surface area contributed by atoms with Gasteiger partial charge in [-0.25, -0.2) is 9.48 Å². The summed E-state index contributed by atoms with van der Waals surface area (Å²) in [5, 5.41) is 7.76. The molecule has 0 aromatic carbocycles. The summed E-state index contributed by atoms with van der Waals surface area (Å²) in [5.41, 5.74) is 5.40. The van der Waals surface area contributed by atoms with Crippen molar-refractivity contribution in [3.05, 3.63) is 17.8 Å². The number of amides is 2. The molecule has 0 spiro atoms. The molecule has 2 amide bonds. The number of carbonyl (C=O) groups is 2. The van der Waals surface area contributed by atoms with Crippen molar-refractivity contribution >= 4 is 18.2 Å². The fraction of sp³-hybridized carbons (Fsp3) is 0.731. The zero-order valence-electron chi connectivity index (χ0n) is 21.2. The van der Waals surface area contributed by atoms with Crippen LogP contribution in [0.2, 0.25) is 0 Å². The average molecular weight is 473 g/mol. The number of hydrogen-bond donors (Lipinski definition) is 2. The summed E-state index contributed by atoms with van der Waals surface area (Å²) in [6.07, 6.45) is 10.4. The summed E-state index contributed by atoms with van der Waals surface area (Å²) in [5.74, 6) is 1.75. The minimum absolute atomic E-state index is 0.0208. The van der Waals surface area contributed by atoms with Crippen LogP contribution in [0.3, 0.4) is 0 Å². The Kier molecular flexibility index (Phi) is 6.71. The largest absolute Gasteiger partial charge is 0.477 e. The summed E-state index contributed by atoms with van der Waals surface area (Å²) in [6.45, 7) is 11.1. The molecule has 0 saturated heterocycles. The lowest BCUT2D eigenvalue weighted by atomic mass is 9.52. The van der Waals surface area contributed by atoms with Gasteiger partial charge in [-0.05, 0) is 67.6 Å². The van der Waals surface area contributed by atoms with Gasteiger partial charge in [0, 0.05) is 12.2 Å². The van der Waals surface area contributed by atoms with Gasteiger partial charge < -0.3 is 20.5 Å². The van der Waals surface area contributed by atoms with Gasteiger partial charge >= 0.3 is 6.09 Å². The van der Waals surface area contributed by atoms with E-state index in [4.69, 9.17) is 15.2 Å². The van der Waals surface area contributed by atoms with Crippen LogP contribution in [0.5, 0.6) is 5.88 Å². The van der Waals surface area contributed by atoms with Crippen molar-refractivity contribution in [2.24, 2.45) is 34.8 Å². The molecule has 4 aliphatic rings. The van der Waals surface area contributed by atoms with Crippen molar-refractivity contribution in [3.63, 3.8) is 0 Å². The van der Waals surface area contributed by atoms with Crippen LogP contribution in [-0.4, -0.2) is 40.0 Å². The van der Waals surface area contributed by atoms with Crippen LogP contribution in [-0.2, 0) is 4.74 Å². The van der Waals surface area contributed by atoms with Crippen LogP contribution in [0.1, 0.15) is 83.5 Å². The number of ether oxygens (including phenoxy) is 2. The molecule has 1 aromatic heterocycles. The third-order valence-electron chi connectivity index (χ3n) is 7.96. The van der Waals surface area contributed by atoms with Gasteiger partial charge in [0.05, 0.1) is 12.8 Å². The number of rotatable bonds is 9. The number of aromatic nitrogens is 2. The first kappa shape index (κ1) is 24.6. The molecule has 0 aliphatic heterocycles. The van der Waals surface area contributed by atoms with Crippen molar-refractivity contribution in [2.45, 2.75) is 84.8 Å². The predicted octanol–water partition coefficient (Wildman–Crippen LogP) is 4.60. The van der Waals surface area contributed by atoms with Crippen LogP contribution in [0.4, 0.5) is 4.79 Å². The second-order valence-electron chi connectivity index (χ2n) is 11.7.